The number of hydrogen-bond acceptors (Lipinski definition) is 4. The lowest BCUT2D eigenvalue weighted by Crippen LogP contribution is -2.29. The van der Waals surface area contributed by atoms with Crippen LogP contribution in [0.15, 0.2) is 67.0 Å². The molecule has 126 valence electrons. The number of amides is 1. The number of carbonyl (C=O) groups is 1. The first-order chi connectivity index (χ1) is 12.3. The van der Waals surface area contributed by atoms with E-state index in [2.05, 4.69) is 10.2 Å². The minimum atomic E-state index is -0.0267. The molecule has 1 saturated heterocycles. The molecule has 0 aliphatic carbocycles. The Balaban J connectivity index is 1.53. The first-order valence-electron chi connectivity index (χ1n) is 8.28. The van der Waals surface area contributed by atoms with Crippen LogP contribution in [0.5, 0.6) is 11.5 Å². The van der Waals surface area contributed by atoms with Gasteiger partial charge in [0, 0.05) is 13.1 Å². The molecule has 25 heavy (non-hydrogen) atoms. The van der Waals surface area contributed by atoms with Crippen LogP contribution in [-0.4, -0.2) is 38.9 Å². The molecule has 0 saturated carbocycles. The largest absolute Gasteiger partial charge is 0.457 e. The Labute approximate surface area is 145 Å². The summed E-state index contributed by atoms with van der Waals surface area (Å²) in [6, 6.07) is 17.0. The predicted octanol–water partition coefficient (Wildman–Crippen LogP) is 3.16. The number of hydrogen-bond donors (Lipinski definition) is 0. The van der Waals surface area contributed by atoms with Gasteiger partial charge in [-0.1, -0.05) is 30.3 Å². The molecule has 4 rings (SSSR count). The van der Waals surface area contributed by atoms with Crippen molar-refractivity contribution in [2.24, 2.45) is 0 Å². The third kappa shape index (κ3) is 3.24. The fourth-order valence-electron chi connectivity index (χ4n) is 3.05. The van der Waals surface area contributed by atoms with E-state index in [0.717, 1.165) is 6.42 Å². The van der Waals surface area contributed by atoms with E-state index in [-0.39, 0.29) is 11.9 Å². The van der Waals surface area contributed by atoms with Crippen LogP contribution in [0.25, 0.3) is 0 Å². The third-order valence-corrected chi connectivity index (χ3v) is 4.30. The van der Waals surface area contributed by atoms with Gasteiger partial charge in [-0.25, -0.2) is 0 Å². The maximum Gasteiger partial charge on any atom is 0.257 e. The van der Waals surface area contributed by atoms with Crippen LogP contribution in [0.3, 0.4) is 0 Å². The molecule has 1 aliphatic rings. The van der Waals surface area contributed by atoms with E-state index in [9.17, 15) is 4.79 Å². The molecule has 0 spiro atoms. The van der Waals surface area contributed by atoms with Crippen molar-refractivity contribution in [1.29, 1.82) is 0 Å². The van der Waals surface area contributed by atoms with Gasteiger partial charge < -0.3 is 9.64 Å². The quantitative estimate of drug-likeness (QED) is 0.735. The summed E-state index contributed by atoms with van der Waals surface area (Å²) in [5, 5.41) is 8.36. The molecule has 1 amide bonds. The molecule has 2 aromatic carbocycles. The van der Waals surface area contributed by atoms with E-state index in [1.54, 1.807) is 23.3 Å². The SMILES string of the molecule is O=C(c1ccccc1Oc1ccccc1)N1CCC(n2nccn2)C1. The second kappa shape index (κ2) is 6.76. The molecule has 1 aliphatic heterocycles. The highest BCUT2D eigenvalue weighted by molar-refractivity contribution is 5.97. The van der Waals surface area contributed by atoms with E-state index < -0.39 is 0 Å². The zero-order chi connectivity index (χ0) is 17.1. The number of carbonyl (C=O) groups excluding carboxylic acids is 1. The average molecular weight is 334 g/mol. The molecule has 6 nitrogen and oxygen atoms in total. The minimum Gasteiger partial charge on any atom is -0.457 e. The van der Waals surface area contributed by atoms with Gasteiger partial charge in [0.05, 0.1) is 24.0 Å². The van der Waals surface area contributed by atoms with Crippen LogP contribution >= 0.6 is 0 Å². The topological polar surface area (TPSA) is 60.2 Å². The number of rotatable bonds is 4. The van der Waals surface area contributed by atoms with Crippen LogP contribution in [-0.2, 0) is 0 Å². The number of aromatic nitrogens is 3. The van der Waals surface area contributed by atoms with Gasteiger partial charge >= 0.3 is 0 Å². The van der Waals surface area contributed by atoms with Crippen molar-refractivity contribution in [2.45, 2.75) is 12.5 Å². The number of ether oxygens (including phenoxy) is 1. The van der Waals surface area contributed by atoms with Crippen molar-refractivity contribution >= 4 is 5.91 Å². The van der Waals surface area contributed by atoms with Gasteiger partial charge in [0.1, 0.15) is 11.5 Å². The molecule has 1 aromatic heterocycles. The Bertz CT molecular complexity index is 849. The number of likely N-dealkylation sites (tertiary alicyclic amines) is 1. The fourth-order valence-corrected chi connectivity index (χ4v) is 3.05. The highest BCUT2D eigenvalue weighted by Crippen LogP contribution is 2.28. The van der Waals surface area contributed by atoms with Crippen LogP contribution in [0, 0.1) is 0 Å². The Kier molecular flexibility index (Phi) is 4.16. The fraction of sp³-hybridized carbons (Fsp3) is 0.211. The molecule has 3 aromatic rings. The lowest BCUT2D eigenvalue weighted by Gasteiger charge is -2.18. The monoisotopic (exact) mass is 334 g/mol. The first kappa shape index (κ1) is 15.4. The smallest absolute Gasteiger partial charge is 0.257 e. The van der Waals surface area contributed by atoms with Crippen LogP contribution < -0.4 is 4.74 Å². The van der Waals surface area contributed by atoms with Gasteiger partial charge in [0.2, 0.25) is 0 Å². The van der Waals surface area contributed by atoms with E-state index in [0.29, 0.717) is 30.2 Å². The summed E-state index contributed by atoms with van der Waals surface area (Å²) < 4.78 is 5.91. The highest BCUT2D eigenvalue weighted by atomic mass is 16.5. The summed E-state index contributed by atoms with van der Waals surface area (Å²) >= 11 is 0. The number of para-hydroxylation sites is 2. The predicted molar refractivity (Wildman–Crippen MR) is 92.5 cm³/mol. The maximum atomic E-state index is 13.0. The molecule has 0 bridgehead atoms. The summed E-state index contributed by atoms with van der Waals surface area (Å²) in [7, 11) is 0. The second-order valence-corrected chi connectivity index (χ2v) is 5.95. The summed E-state index contributed by atoms with van der Waals surface area (Å²) in [6.45, 7) is 1.29. The van der Waals surface area contributed by atoms with Crippen LogP contribution in [0.2, 0.25) is 0 Å². The van der Waals surface area contributed by atoms with E-state index >= 15 is 0 Å². The van der Waals surface area contributed by atoms with Gasteiger partial charge in [-0.15, -0.1) is 0 Å². The third-order valence-electron chi connectivity index (χ3n) is 4.30. The molecular weight excluding hydrogens is 316 g/mol. The Morgan fingerprint density at radius 2 is 1.72 bits per heavy atom. The molecule has 1 atom stereocenters. The second-order valence-electron chi connectivity index (χ2n) is 5.95. The molecule has 1 fully saturated rings. The highest BCUT2D eigenvalue weighted by Gasteiger charge is 2.30. The lowest BCUT2D eigenvalue weighted by atomic mass is 10.1. The molecule has 0 N–H and O–H groups in total. The summed E-state index contributed by atoms with van der Waals surface area (Å²) in [4.78, 5) is 16.5. The van der Waals surface area contributed by atoms with Crippen molar-refractivity contribution in [3.63, 3.8) is 0 Å². The molecule has 2 heterocycles. The van der Waals surface area contributed by atoms with Gasteiger partial charge in [-0.3, -0.25) is 4.79 Å². The summed E-state index contributed by atoms with van der Waals surface area (Å²) in [5.74, 6) is 1.25. The standard InChI is InChI=1S/C19H18N4O2/c24-19(22-13-10-15(14-22)23-20-11-12-21-23)17-8-4-5-9-18(17)25-16-6-2-1-3-7-16/h1-9,11-12,15H,10,13-14H2. The van der Waals surface area contributed by atoms with Crippen LogP contribution in [0.4, 0.5) is 0 Å². The van der Waals surface area contributed by atoms with E-state index in [1.165, 1.54) is 0 Å². The molecule has 1 unspecified atom stereocenters. The average Bonchev–Trinajstić information content (AvgIpc) is 3.34. The molecule has 6 heteroatoms. The van der Waals surface area contributed by atoms with Gasteiger partial charge in [-0.05, 0) is 30.7 Å². The lowest BCUT2D eigenvalue weighted by molar-refractivity contribution is 0.0783. The normalized spacial score (nSPS) is 16.8. The first-order valence-corrected chi connectivity index (χ1v) is 8.28. The van der Waals surface area contributed by atoms with Crippen molar-refractivity contribution in [2.75, 3.05) is 13.1 Å². The van der Waals surface area contributed by atoms with Crippen molar-refractivity contribution in [1.82, 2.24) is 19.9 Å². The van der Waals surface area contributed by atoms with Crippen molar-refractivity contribution < 1.29 is 9.53 Å². The zero-order valence-corrected chi connectivity index (χ0v) is 13.7. The van der Waals surface area contributed by atoms with E-state index in [4.69, 9.17) is 4.74 Å². The van der Waals surface area contributed by atoms with Gasteiger partial charge in [0.15, 0.2) is 0 Å². The molecular formula is C19H18N4O2. The van der Waals surface area contributed by atoms with Crippen molar-refractivity contribution in [3.8, 4) is 11.5 Å². The zero-order valence-electron chi connectivity index (χ0n) is 13.7. The van der Waals surface area contributed by atoms with Crippen LogP contribution in [0.1, 0.15) is 22.8 Å². The Hall–Kier alpha value is -3.15. The summed E-state index contributed by atoms with van der Waals surface area (Å²) in [5.41, 5.74) is 0.570. The maximum absolute atomic E-state index is 13.0. The van der Waals surface area contributed by atoms with Gasteiger partial charge in [0.25, 0.3) is 5.91 Å². The Morgan fingerprint density at radius 1 is 1.00 bits per heavy atom. The van der Waals surface area contributed by atoms with Crippen molar-refractivity contribution in [3.05, 3.63) is 72.6 Å². The number of nitrogens with zero attached hydrogens (tertiary/aromatic N) is 4. The summed E-state index contributed by atoms with van der Waals surface area (Å²) in [6.07, 6.45) is 4.17. The minimum absolute atomic E-state index is 0.0267. The molecule has 0 radical (unpaired) electrons. The number of benzene rings is 2. The Morgan fingerprint density at radius 3 is 2.52 bits per heavy atom. The van der Waals surface area contributed by atoms with E-state index in [1.807, 2.05) is 53.4 Å². The van der Waals surface area contributed by atoms with Gasteiger partial charge in [-0.2, -0.15) is 15.0 Å².